The Morgan fingerprint density at radius 1 is 1.25 bits per heavy atom. The van der Waals surface area contributed by atoms with Crippen LogP contribution in [0, 0.1) is 0 Å². The molecular formula is C16H15BrO3. The highest BCUT2D eigenvalue weighted by atomic mass is 79.9. The van der Waals surface area contributed by atoms with Gasteiger partial charge in [0.2, 0.25) is 0 Å². The fourth-order valence-electron chi connectivity index (χ4n) is 1.89. The second-order valence-corrected chi connectivity index (χ2v) is 5.21. The van der Waals surface area contributed by atoms with Crippen molar-refractivity contribution >= 4 is 21.9 Å². The van der Waals surface area contributed by atoms with Crippen molar-refractivity contribution in [1.29, 1.82) is 0 Å². The summed E-state index contributed by atoms with van der Waals surface area (Å²) in [6, 6.07) is 15.5. The number of carboxylic acids is 1. The summed E-state index contributed by atoms with van der Waals surface area (Å²) in [5, 5.41) is 9.00. The third-order valence-electron chi connectivity index (χ3n) is 2.95. The van der Waals surface area contributed by atoms with E-state index in [0.717, 1.165) is 15.6 Å². The van der Waals surface area contributed by atoms with Gasteiger partial charge in [0.1, 0.15) is 5.75 Å². The lowest BCUT2D eigenvalue weighted by molar-refractivity contribution is -0.145. The van der Waals surface area contributed by atoms with Gasteiger partial charge < -0.3 is 9.84 Å². The van der Waals surface area contributed by atoms with Gasteiger partial charge in [-0.15, -0.1) is 0 Å². The number of carboxylic acid groups (broad SMARTS) is 1. The van der Waals surface area contributed by atoms with Gasteiger partial charge in [0.25, 0.3) is 0 Å². The molecule has 1 unspecified atom stereocenters. The zero-order valence-corrected chi connectivity index (χ0v) is 12.6. The van der Waals surface area contributed by atoms with Crippen LogP contribution in [0.3, 0.4) is 0 Å². The molecule has 2 rings (SSSR count). The molecule has 3 nitrogen and oxygen atoms in total. The van der Waals surface area contributed by atoms with Gasteiger partial charge in [-0.1, -0.05) is 53.2 Å². The van der Waals surface area contributed by atoms with E-state index < -0.39 is 12.1 Å². The van der Waals surface area contributed by atoms with Gasteiger partial charge in [-0.25, -0.2) is 4.79 Å². The molecule has 0 aliphatic heterocycles. The zero-order valence-electron chi connectivity index (χ0n) is 11.0. The fourth-order valence-corrected chi connectivity index (χ4v) is 2.48. The lowest BCUT2D eigenvalue weighted by atomic mass is 10.1. The van der Waals surface area contributed by atoms with Gasteiger partial charge in [0, 0.05) is 4.47 Å². The lowest BCUT2D eigenvalue weighted by Gasteiger charge is -2.14. The minimum absolute atomic E-state index is 0.424. The summed E-state index contributed by atoms with van der Waals surface area (Å²) in [4.78, 5) is 11.0. The number of aliphatic carboxylic acids is 1. The topological polar surface area (TPSA) is 46.5 Å². The molecule has 4 heteroatoms. The molecule has 0 aliphatic rings. The number of hydrogen-bond acceptors (Lipinski definition) is 2. The highest BCUT2D eigenvalue weighted by molar-refractivity contribution is 9.10. The Kier molecular flexibility index (Phi) is 4.79. The Bertz CT molecular complexity index is 596. The molecule has 2 aromatic rings. The summed E-state index contributed by atoms with van der Waals surface area (Å²) in [5.41, 5.74) is 2.14. The van der Waals surface area contributed by atoms with Crippen LogP contribution >= 0.6 is 15.9 Å². The average Bonchev–Trinajstić information content (AvgIpc) is 2.45. The molecule has 104 valence electrons. The van der Waals surface area contributed by atoms with E-state index in [1.165, 1.54) is 0 Å². The van der Waals surface area contributed by atoms with Crippen LogP contribution in [0.5, 0.6) is 5.75 Å². The molecule has 0 aromatic heterocycles. The van der Waals surface area contributed by atoms with Gasteiger partial charge >= 0.3 is 5.97 Å². The summed E-state index contributed by atoms with van der Waals surface area (Å²) >= 11 is 3.51. The summed E-state index contributed by atoms with van der Waals surface area (Å²) in [6.07, 6.45) is -0.391. The van der Waals surface area contributed by atoms with Crippen LogP contribution in [0.4, 0.5) is 0 Å². The van der Waals surface area contributed by atoms with Crippen molar-refractivity contribution in [3.63, 3.8) is 0 Å². The lowest BCUT2D eigenvalue weighted by Crippen LogP contribution is -2.25. The van der Waals surface area contributed by atoms with E-state index in [-0.39, 0.29) is 0 Å². The molecule has 0 saturated heterocycles. The van der Waals surface area contributed by atoms with Gasteiger partial charge in [-0.3, -0.25) is 0 Å². The summed E-state index contributed by atoms with van der Waals surface area (Å²) in [6.45, 7) is 1.78. The number of halogens is 1. The summed E-state index contributed by atoms with van der Waals surface area (Å²) in [5.74, 6) is -0.401. The highest BCUT2D eigenvalue weighted by Crippen LogP contribution is 2.31. The molecule has 0 fully saturated rings. The van der Waals surface area contributed by atoms with Crippen LogP contribution in [-0.2, 0) is 4.79 Å². The smallest absolute Gasteiger partial charge is 0.344 e. The van der Waals surface area contributed by atoms with Gasteiger partial charge in [0.15, 0.2) is 6.10 Å². The second-order valence-electron chi connectivity index (χ2n) is 4.36. The number of ether oxygens (including phenoxy) is 1. The molecule has 1 atom stereocenters. The first-order valence-corrected chi connectivity index (χ1v) is 7.15. The molecule has 0 amide bonds. The van der Waals surface area contributed by atoms with Crippen molar-refractivity contribution in [3.8, 4) is 16.9 Å². The fraction of sp³-hybridized carbons (Fsp3) is 0.188. The van der Waals surface area contributed by atoms with E-state index in [9.17, 15) is 4.79 Å². The molecule has 0 spiro atoms. The number of benzene rings is 2. The van der Waals surface area contributed by atoms with Crippen molar-refractivity contribution in [2.45, 2.75) is 19.4 Å². The van der Waals surface area contributed by atoms with Crippen LogP contribution < -0.4 is 4.74 Å². The first-order chi connectivity index (χ1) is 9.61. The van der Waals surface area contributed by atoms with E-state index in [2.05, 4.69) is 15.9 Å². The van der Waals surface area contributed by atoms with Crippen LogP contribution in [0.1, 0.15) is 13.3 Å². The predicted molar refractivity (Wildman–Crippen MR) is 81.9 cm³/mol. The second kappa shape index (κ2) is 6.57. The van der Waals surface area contributed by atoms with Crippen molar-refractivity contribution in [2.75, 3.05) is 0 Å². The first-order valence-electron chi connectivity index (χ1n) is 6.36. The Balaban J connectivity index is 2.24. The minimum Gasteiger partial charge on any atom is -0.479 e. The molecule has 0 bridgehead atoms. The van der Waals surface area contributed by atoms with Crippen molar-refractivity contribution in [3.05, 3.63) is 53.0 Å². The molecule has 0 heterocycles. The maximum Gasteiger partial charge on any atom is 0.344 e. The molecule has 0 aliphatic carbocycles. The monoisotopic (exact) mass is 334 g/mol. The van der Waals surface area contributed by atoms with Crippen LogP contribution in [0.15, 0.2) is 53.0 Å². The SMILES string of the molecule is CCC(Oc1ccc(-c2ccccc2)c(Br)c1)C(=O)O. The van der Waals surface area contributed by atoms with Gasteiger partial charge in [-0.05, 0) is 35.7 Å². The van der Waals surface area contributed by atoms with E-state index in [0.29, 0.717) is 12.2 Å². The highest BCUT2D eigenvalue weighted by Gasteiger charge is 2.17. The van der Waals surface area contributed by atoms with Crippen molar-refractivity contribution < 1.29 is 14.6 Å². The summed E-state index contributed by atoms with van der Waals surface area (Å²) in [7, 11) is 0. The standard InChI is InChI=1S/C16H15BrO3/c1-2-15(16(18)19)20-12-8-9-13(14(17)10-12)11-6-4-3-5-7-11/h3-10,15H,2H2,1H3,(H,18,19). The Morgan fingerprint density at radius 2 is 1.95 bits per heavy atom. The first kappa shape index (κ1) is 14.6. The quantitative estimate of drug-likeness (QED) is 0.883. The van der Waals surface area contributed by atoms with E-state index >= 15 is 0 Å². The zero-order chi connectivity index (χ0) is 14.5. The molecule has 0 saturated carbocycles. The molecule has 1 N–H and O–H groups in total. The van der Waals surface area contributed by atoms with E-state index in [1.54, 1.807) is 19.1 Å². The molecule has 0 radical (unpaired) electrons. The van der Waals surface area contributed by atoms with Crippen LogP contribution in [0.2, 0.25) is 0 Å². The Labute approximate surface area is 126 Å². The maximum absolute atomic E-state index is 11.0. The number of rotatable bonds is 5. The predicted octanol–water partition coefficient (Wildman–Crippen LogP) is 4.36. The number of carbonyl (C=O) groups is 1. The maximum atomic E-state index is 11.0. The third kappa shape index (κ3) is 3.39. The van der Waals surface area contributed by atoms with Crippen LogP contribution in [-0.4, -0.2) is 17.2 Å². The Hall–Kier alpha value is -1.81. The average molecular weight is 335 g/mol. The van der Waals surface area contributed by atoms with Crippen molar-refractivity contribution in [2.24, 2.45) is 0 Å². The van der Waals surface area contributed by atoms with Crippen LogP contribution in [0.25, 0.3) is 11.1 Å². The normalized spacial score (nSPS) is 11.9. The van der Waals surface area contributed by atoms with Gasteiger partial charge in [-0.2, -0.15) is 0 Å². The Morgan fingerprint density at radius 3 is 2.50 bits per heavy atom. The van der Waals surface area contributed by atoms with E-state index in [4.69, 9.17) is 9.84 Å². The third-order valence-corrected chi connectivity index (χ3v) is 3.61. The molecule has 20 heavy (non-hydrogen) atoms. The minimum atomic E-state index is -0.948. The van der Waals surface area contributed by atoms with Gasteiger partial charge in [0.05, 0.1) is 0 Å². The largest absolute Gasteiger partial charge is 0.479 e. The van der Waals surface area contributed by atoms with Crippen molar-refractivity contribution in [1.82, 2.24) is 0 Å². The summed E-state index contributed by atoms with van der Waals surface area (Å²) < 4.78 is 6.34. The molecular weight excluding hydrogens is 320 g/mol. The number of hydrogen-bond donors (Lipinski definition) is 1. The van der Waals surface area contributed by atoms with E-state index in [1.807, 2.05) is 36.4 Å². The molecule has 2 aromatic carbocycles.